The number of nitrogens with one attached hydrogen (secondary N) is 2. The molecule has 1 saturated heterocycles. The van der Waals surface area contributed by atoms with E-state index in [0.29, 0.717) is 23.8 Å². The van der Waals surface area contributed by atoms with E-state index < -0.39 is 0 Å². The fourth-order valence-corrected chi connectivity index (χ4v) is 6.12. The Kier molecular flexibility index (Phi) is 4.52. The zero-order valence-corrected chi connectivity index (χ0v) is 19.0. The summed E-state index contributed by atoms with van der Waals surface area (Å²) >= 11 is 0. The molecule has 5 heterocycles. The van der Waals surface area contributed by atoms with E-state index in [9.17, 15) is 0 Å². The first-order chi connectivity index (χ1) is 16.8. The molecule has 3 aromatic rings. The lowest BCUT2D eigenvalue weighted by Gasteiger charge is -2.52. The van der Waals surface area contributed by atoms with Gasteiger partial charge in [-0.2, -0.15) is 0 Å². The Labute approximate surface area is 198 Å². The van der Waals surface area contributed by atoms with Crippen LogP contribution in [0.25, 0.3) is 22.6 Å². The summed E-state index contributed by atoms with van der Waals surface area (Å²) in [5.41, 5.74) is 5.38. The summed E-state index contributed by atoms with van der Waals surface area (Å²) < 4.78 is 0. The molecule has 7 heteroatoms. The van der Waals surface area contributed by atoms with Gasteiger partial charge in [-0.05, 0) is 56.5 Å². The fourth-order valence-electron chi connectivity index (χ4n) is 6.12. The number of para-hydroxylation sites is 1. The number of hydrogen-bond donors (Lipinski definition) is 2. The minimum atomic E-state index is 0.515. The van der Waals surface area contributed by atoms with Crippen molar-refractivity contribution in [2.45, 2.75) is 43.7 Å². The van der Waals surface area contributed by atoms with Crippen LogP contribution in [-0.4, -0.2) is 46.0 Å². The van der Waals surface area contributed by atoms with Crippen molar-refractivity contribution >= 4 is 39.9 Å². The second-order valence-electron chi connectivity index (χ2n) is 9.56. The molecule has 1 aliphatic carbocycles. The van der Waals surface area contributed by atoms with E-state index in [1.165, 1.54) is 23.8 Å². The van der Waals surface area contributed by atoms with Gasteiger partial charge < -0.3 is 15.5 Å². The molecule has 2 N–H and O–H groups in total. The predicted molar refractivity (Wildman–Crippen MR) is 137 cm³/mol. The number of aliphatic imine (C=N–C) groups is 1. The number of piperidine rings is 1. The largest absolute Gasteiger partial charge is 0.349 e. The average Bonchev–Trinajstić information content (AvgIpc) is 3.18. The second-order valence-corrected chi connectivity index (χ2v) is 9.56. The van der Waals surface area contributed by atoms with Gasteiger partial charge in [0.25, 0.3) is 0 Å². The minimum Gasteiger partial charge on any atom is -0.349 e. The summed E-state index contributed by atoms with van der Waals surface area (Å²) in [5.74, 6) is 3.10. The van der Waals surface area contributed by atoms with Crippen LogP contribution in [0.3, 0.4) is 0 Å². The van der Waals surface area contributed by atoms with Gasteiger partial charge in [0.05, 0.1) is 11.7 Å². The number of hydrogen-bond acceptors (Lipinski definition) is 6. The summed E-state index contributed by atoms with van der Waals surface area (Å²) in [6.45, 7) is 5.92. The van der Waals surface area contributed by atoms with E-state index in [0.717, 1.165) is 59.9 Å². The maximum absolute atomic E-state index is 5.22. The van der Waals surface area contributed by atoms with Gasteiger partial charge in [-0.25, -0.2) is 15.0 Å². The van der Waals surface area contributed by atoms with Gasteiger partial charge in [-0.1, -0.05) is 24.8 Å². The zero-order chi connectivity index (χ0) is 22.6. The number of aromatic nitrogens is 3. The third-order valence-electron chi connectivity index (χ3n) is 7.79. The van der Waals surface area contributed by atoms with Crippen LogP contribution in [0, 0.1) is 0 Å². The molecule has 0 radical (unpaired) electrons. The molecule has 1 aromatic carbocycles. The number of amidine groups is 1. The van der Waals surface area contributed by atoms with E-state index in [4.69, 9.17) is 9.97 Å². The number of benzene rings is 1. The molecule has 7 nitrogen and oxygen atoms in total. The van der Waals surface area contributed by atoms with Gasteiger partial charge in [-0.15, -0.1) is 0 Å². The number of anilines is 2. The smallest absolute Gasteiger partial charge is 0.155 e. The summed E-state index contributed by atoms with van der Waals surface area (Å²) in [7, 11) is 0. The van der Waals surface area contributed by atoms with E-state index in [1.807, 2.05) is 18.3 Å². The van der Waals surface area contributed by atoms with Crippen molar-refractivity contribution in [1.29, 1.82) is 0 Å². The highest BCUT2D eigenvalue weighted by molar-refractivity contribution is 6.37. The van der Waals surface area contributed by atoms with Crippen LogP contribution in [0.4, 0.5) is 11.5 Å². The number of rotatable bonds is 3. The highest BCUT2D eigenvalue weighted by Crippen LogP contribution is 2.51. The van der Waals surface area contributed by atoms with Crippen molar-refractivity contribution in [3.8, 4) is 0 Å². The van der Waals surface area contributed by atoms with Gasteiger partial charge in [0.1, 0.15) is 11.7 Å². The highest BCUT2D eigenvalue weighted by atomic mass is 15.3. The highest BCUT2D eigenvalue weighted by Gasteiger charge is 2.45. The third kappa shape index (κ3) is 2.93. The van der Waals surface area contributed by atoms with Crippen molar-refractivity contribution in [2.24, 2.45) is 4.99 Å². The molecular weight excluding hydrogens is 422 g/mol. The van der Waals surface area contributed by atoms with Crippen molar-refractivity contribution in [3.05, 3.63) is 66.4 Å². The average molecular weight is 450 g/mol. The molecule has 170 valence electrons. The summed E-state index contributed by atoms with van der Waals surface area (Å²) in [4.78, 5) is 21.9. The van der Waals surface area contributed by atoms with Crippen molar-refractivity contribution in [3.63, 3.8) is 0 Å². The maximum Gasteiger partial charge on any atom is 0.155 e. The summed E-state index contributed by atoms with van der Waals surface area (Å²) in [5, 5.41) is 8.12. The van der Waals surface area contributed by atoms with Crippen LogP contribution in [0.15, 0.2) is 54.4 Å². The second kappa shape index (κ2) is 7.74. The first kappa shape index (κ1) is 19.9. The van der Waals surface area contributed by atoms with Gasteiger partial charge in [0, 0.05) is 52.6 Å². The minimum absolute atomic E-state index is 0.515. The first-order valence-corrected chi connectivity index (χ1v) is 12.2. The monoisotopic (exact) mass is 449 g/mol. The van der Waals surface area contributed by atoms with Gasteiger partial charge in [-0.3, -0.25) is 4.98 Å². The lowest BCUT2D eigenvalue weighted by molar-refractivity contribution is 0.277. The molecule has 0 bridgehead atoms. The van der Waals surface area contributed by atoms with Crippen molar-refractivity contribution in [2.75, 3.05) is 23.3 Å². The van der Waals surface area contributed by atoms with E-state index in [1.54, 1.807) is 6.20 Å². The molecule has 34 heavy (non-hydrogen) atoms. The molecule has 2 aromatic heterocycles. The number of fused-ring (bicyclic) bond motifs is 3. The summed E-state index contributed by atoms with van der Waals surface area (Å²) in [6, 6.07) is 9.26. The predicted octanol–water partition coefficient (Wildman–Crippen LogP) is 4.35. The number of pyridine rings is 1. The van der Waals surface area contributed by atoms with Crippen LogP contribution in [0.1, 0.15) is 48.6 Å². The molecule has 7 rings (SSSR count). The van der Waals surface area contributed by atoms with Crippen molar-refractivity contribution in [1.82, 2.24) is 20.3 Å². The van der Waals surface area contributed by atoms with Crippen LogP contribution < -0.4 is 15.5 Å². The molecule has 0 amide bonds. The molecular formula is C27H27N7. The fraction of sp³-hybridized carbons (Fsp3) is 0.333. The van der Waals surface area contributed by atoms with Gasteiger partial charge in [0.15, 0.2) is 5.82 Å². The first-order valence-electron chi connectivity index (χ1n) is 12.2. The van der Waals surface area contributed by atoms with E-state index in [2.05, 4.69) is 56.5 Å². The molecule has 3 aliphatic heterocycles. The van der Waals surface area contributed by atoms with Crippen LogP contribution in [0.2, 0.25) is 0 Å². The molecule has 2 unspecified atom stereocenters. The Balaban J connectivity index is 1.42. The Morgan fingerprint density at radius 2 is 1.94 bits per heavy atom. The van der Waals surface area contributed by atoms with Crippen molar-refractivity contribution < 1.29 is 0 Å². The zero-order valence-electron chi connectivity index (χ0n) is 19.0. The lowest BCUT2D eigenvalue weighted by Crippen LogP contribution is -2.56. The lowest BCUT2D eigenvalue weighted by atomic mass is 9.70. The summed E-state index contributed by atoms with van der Waals surface area (Å²) in [6.07, 6.45) is 12.3. The Bertz CT molecular complexity index is 1370. The Morgan fingerprint density at radius 1 is 1.06 bits per heavy atom. The SMILES string of the molecule is C=CN=C1Nc2ccccc2/C1=C\c1nc2c3c(cncc3n1)C1CCC1N2C1CCNCC1. The van der Waals surface area contributed by atoms with Gasteiger partial charge in [0.2, 0.25) is 0 Å². The van der Waals surface area contributed by atoms with Crippen LogP contribution in [0.5, 0.6) is 0 Å². The molecule has 2 fully saturated rings. The van der Waals surface area contributed by atoms with Gasteiger partial charge >= 0.3 is 0 Å². The van der Waals surface area contributed by atoms with E-state index >= 15 is 0 Å². The van der Waals surface area contributed by atoms with E-state index in [-0.39, 0.29) is 0 Å². The van der Waals surface area contributed by atoms with Crippen LogP contribution in [-0.2, 0) is 0 Å². The Morgan fingerprint density at radius 3 is 2.76 bits per heavy atom. The normalized spacial score (nSPS) is 25.7. The maximum atomic E-state index is 5.22. The topological polar surface area (TPSA) is 78.3 Å². The Hall–Kier alpha value is -3.58. The molecule has 4 aliphatic rings. The molecule has 0 spiro atoms. The molecule has 1 saturated carbocycles. The number of nitrogens with zero attached hydrogens (tertiary/aromatic N) is 5. The third-order valence-corrected chi connectivity index (χ3v) is 7.79. The van der Waals surface area contributed by atoms with Crippen LogP contribution >= 0.6 is 0 Å². The molecule has 2 atom stereocenters. The standard InChI is InChI=1S/C27H27N7/c1-2-30-26-19(17-5-3-4-6-21(17)32-26)13-24-31-22-15-29-14-20-18-7-8-23(18)34(27(33-24)25(20)22)16-9-11-28-12-10-16/h2-6,13-16,18,23,28H,1,7-12H2,(H,30,32)/b19-13+. The quantitative estimate of drug-likeness (QED) is 0.619.